The van der Waals surface area contributed by atoms with Gasteiger partial charge in [0.1, 0.15) is 5.00 Å². The first-order valence-corrected chi connectivity index (χ1v) is 13.8. The molecule has 1 aliphatic carbocycles. The molecule has 1 aromatic carbocycles. The van der Waals surface area contributed by atoms with E-state index < -0.39 is 16.0 Å². The lowest BCUT2D eigenvalue weighted by Gasteiger charge is -2.30. The van der Waals surface area contributed by atoms with Gasteiger partial charge in [-0.3, -0.25) is 4.79 Å². The van der Waals surface area contributed by atoms with Gasteiger partial charge in [-0.05, 0) is 56.6 Å². The minimum Gasteiger partial charge on any atom is -0.465 e. The van der Waals surface area contributed by atoms with Gasteiger partial charge in [-0.15, -0.1) is 11.3 Å². The van der Waals surface area contributed by atoms with Crippen LogP contribution in [-0.2, 0) is 38.1 Å². The SMILES string of the molecule is COC(=O)c1c(NC(=O)C2CCN(S(=O)(=O)Cc3ccc(C)cc3)CC2)sc2c1CCCC2. The molecule has 178 valence electrons. The number of ether oxygens (including phenoxy) is 1. The summed E-state index contributed by atoms with van der Waals surface area (Å²) in [7, 11) is -2.08. The number of anilines is 1. The van der Waals surface area contributed by atoms with Crippen molar-refractivity contribution in [1.29, 1.82) is 0 Å². The molecule has 4 rings (SSSR count). The standard InChI is InChI=1S/C24H30N2O5S2/c1-16-7-9-17(10-8-16)15-33(29,30)26-13-11-18(12-14-26)22(27)25-23-21(24(28)31-2)19-5-3-4-6-20(19)32-23/h7-10,18H,3-6,11-15H2,1-2H3,(H,25,27). The third-order valence-corrected chi connectivity index (χ3v) is 9.54. The van der Waals surface area contributed by atoms with Gasteiger partial charge in [-0.2, -0.15) is 0 Å². The molecule has 0 bridgehead atoms. The number of benzene rings is 1. The van der Waals surface area contributed by atoms with Gasteiger partial charge in [-0.1, -0.05) is 29.8 Å². The molecule has 2 heterocycles. The predicted octanol–water partition coefficient (Wildman–Crippen LogP) is 3.90. The van der Waals surface area contributed by atoms with Crippen LogP contribution in [0.25, 0.3) is 0 Å². The third kappa shape index (κ3) is 5.31. The molecular formula is C24H30N2O5S2. The zero-order chi connectivity index (χ0) is 23.6. The van der Waals surface area contributed by atoms with Gasteiger partial charge in [0.2, 0.25) is 15.9 Å². The van der Waals surface area contributed by atoms with Crippen molar-refractivity contribution >= 4 is 38.2 Å². The van der Waals surface area contributed by atoms with Crippen LogP contribution in [0.3, 0.4) is 0 Å². The average molecular weight is 491 g/mol. The Morgan fingerprint density at radius 3 is 2.45 bits per heavy atom. The molecular weight excluding hydrogens is 460 g/mol. The lowest BCUT2D eigenvalue weighted by Crippen LogP contribution is -2.41. The summed E-state index contributed by atoms with van der Waals surface area (Å²) in [4.78, 5) is 26.6. The highest BCUT2D eigenvalue weighted by Gasteiger charge is 2.33. The second kappa shape index (κ2) is 9.95. The number of rotatable bonds is 6. The predicted molar refractivity (Wildman–Crippen MR) is 129 cm³/mol. The van der Waals surface area contributed by atoms with E-state index in [9.17, 15) is 18.0 Å². The molecule has 0 unspecified atom stereocenters. The molecule has 0 atom stereocenters. The zero-order valence-corrected chi connectivity index (χ0v) is 20.7. The van der Waals surface area contributed by atoms with Crippen LogP contribution in [0.5, 0.6) is 0 Å². The fourth-order valence-electron chi connectivity index (χ4n) is 4.57. The number of hydrogen-bond donors (Lipinski definition) is 1. The van der Waals surface area contributed by atoms with Gasteiger partial charge in [-0.25, -0.2) is 17.5 Å². The van der Waals surface area contributed by atoms with Gasteiger partial charge < -0.3 is 10.1 Å². The van der Waals surface area contributed by atoms with Gasteiger partial charge in [0.15, 0.2) is 0 Å². The lowest BCUT2D eigenvalue weighted by molar-refractivity contribution is -0.120. The Hall–Kier alpha value is -2.23. The number of nitrogens with zero attached hydrogens (tertiary/aromatic N) is 1. The Bertz CT molecular complexity index is 1130. The van der Waals surface area contributed by atoms with Gasteiger partial charge in [0.05, 0.1) is 18.4 Å². The number of carbonyl (C=O) groups is 2. The molecule has 0 spiro atoms. The van der Waals surface area contributed by atoms with Crippen molar-refractivity contribution in [3.05, 3.63) is 51.4 Å². The lowest BCUT2D eigenvalue weighted by atomic mass is 9.95. The van der Waals surface area contributed by atoms with Crippen molar-refractivity contribution in [1.82, 2.24) is 4.31 Å². The fourth-order valence-corrected chi connectivity index (χ4v) is 7.41. The number of thiophene rings is 1. The van der Waals surface area contributed by atoms with Crippen LogP contribution in [0.1, 0.15) is 57.6 Å². The van der Waals surface area contributed by atoms with Crippen LogP contribution in [0.15, 0.2) is 24.3 Å². The molecule has 9 heteroatoms. The van der Waals surface area contributed by atoms with Crippen molar-refractivity contribution in [2.45, 2.75) is 51.2 Å². The summed E-state index contributed by atoms with van der Waals surface area (Å²) in [6, 6.07) is 7.50. The number of piperidine rings is 1. The second-order valence-corrected chi connectivity index (χ2v) is 11.9. The summed E-state index contributed by atoms with van der Waals surface area (Å²) >= 11 is 1.47. The van der Waals surface area contributed by atoms with E-state index in [-0.39, 0.29) is 17.6 Å². The number of esters is 1. The zero-order valence-electron chi connectivity index (χ0n) is 19.1. The Morgan fingerprint density at radius 2 is 1.79 bits per heavy atom. The fraction of sp³-hybridized carbons (Fsp3) is 0.500. The normalized spacial score (nSPS) is 17.4. The maximum Gasteiger partial charge on any atom is 0.341 e. The van der Waals surface area contributed by atoms with E-state index in [1.807, 2.05) is 31.2 Å². The van der Waals surface area contributed by atoms with Gasteiger partial charge in [0.25, 0.3) is 0 Å². The smallest absolute Gasteiger partial charge is 0.341 e. The van der Waals surface area contributed by atoms with E-state index in [4.69, 9.17) is 4.74 Å². The average Bonchev–Trinajstić information content (AvgIpc) is 3.17. The molecule has 1 saturated heterocycles. The van der Waals surface area contributed by atoms with Crippen molar-refractivity contribution in [3.63, 3.8) is 0 Å². The summed E-state index contributed by atoms with van der Waals surface area (Å²) < 4.78 is 32.2. The van der Waals surface area contributed by atoms with Crippen LogP contribution in [-0.4, -0.2) is 44.8 Å². The van der Waals surface area contributed by atoms with Gasteiger partial charge in [0, 0.05) is 23.9 Å². The van der Waals surface area contributed by atoms with E-state index >= 15 is 0 Å². The Morgan fingerprint density at radius 1 is 1.12 bits per heavy atom. The molecule has 2 aromatic rings. The maximum atomic E-state index is 13.0. The van der Waals surface area contributed by atoms with E-state index in [1.165, 1.54) is 22.8 Å². The highest BCUT2D eigenvalue weighted by Crippen LogP contribution is 2.39. The summed E-state index contributed by atoms with van der Waals surface area (Å²) in [6.07, 6.45) is 4.75. The monoisotopic (exact) mass is 490 g/mol. The highest BCUT2D eigenvalue weighted by molar-refractivity contribution is 7.88. The number of methoxy groups -OCH3 is 1. The molecule has 33 heavy (non-hydrogen) atoms. The summed E-state index contributed by atoms with van der Waals surface area (Å²) in [6.45, 7) is 2.60. The number of nitrogens with one attached hydrogen (secondary N) is 1. The van der Waals surface area contributed by atoms with Gasteiger partial charge >= 0.3 is 5.97 Å². The molecule has 2 aliphatic rings. The van der Waals surface area contributed by atoms with E-state index in [0.29, 0.717) is 36.5 Å². The summed E-state index contributed by atoms with van der Waals surface area (Å²) in [5.41, 5.74) is 3.34. The van der Waals surface area contributed by atoms with Crippen LogP contribution >= 0.6 is 11.3 Å². The van der Waals surface area contributed by atoms with Crippen LogP contribution in [0.4, 0.5) is 5.00 Å². The van der Waals surface area contributed by atoms with E-state index in [1.54, 1.807) is 0 Å². The van der Waals surface area contributed by atoms with Crippen LogP contribution in [0.2, 0.25) is 0 Å². The van der Waals surface area contributed by atoms with Crippen molar-refractivity contribution < 1.29 is 22.7 Å². The first-order valence-electron chi connectivity index (χ1n) is 11.4. The number of sulfonamides is 1. The highest BCUT2D eigenvalue weighted by atomic mass is 32.2. The molecule has 1 fully saturated rings. The Kier molecular flexibility index (Phi) is 7.21. The molecule has 1 amide bonds. The number of fused-ring (bicyclic) bond motifs is 1. The summed E-state index contributed by atoms with van der Waals surface area (Å²) in [5, 5.41) is 3.53. The third-order valence-electron chi connectivity index (χ3n) is 6.49. The van der Waals surface area contributed by atoms with Crippen LogP contribution in [0, 0.1) is 12.8 Å². The molecule has 1 aliphatic heterocycles. The number of carbonyl (C=O) groups excluding carboxylic acids is 2. The molecule has 0 saturated carbocycles. The molecule has 0 radical (unpaired) electrons. The van der Waals surface area contributed by atoms with E-state index in [0.717, 1.165) is 47.3 Å². The quantitative estimate of drug-likeness (QED) is 0.620. The van der Waals surface area contributed by atoms with Crippen molar-refractivity contribution in [2.75, 3.05) is 25.5 Å². The number of aryl methyl sites for hydroxylation is 2. The largest absolute Gasteiger partial charge is 0.465 e. The minimum atomic E-state index is -3.44. The maximum absolute atomic E-state index is 13.0. The second-order valence-electron chi connectivity index (χ2n) is 8.81. The Balaban J connectivity index is 1.39. The first kappa shape index (κ1) is 23.9. The first-order chi connectivity index (χ1) is 15.8. The summed E-state index contributed by atoms with van der Waals surface area (Å²) in [5.74, 6) is -0.899. The topological polar surface area (TPSA) is 92.8 Å². The van der Waals surface area contributed by atoms with Crippen molar-refractivity contribution in [2.24, 2.45) is 5.92 Å². The van der Waals surface area contributed by atoms with Crippen molar-refractivity contribution in [3.8, 4) is 0 Å². The van der Waals surface area contributed by atoms with E-state index in [2.05, 4.69) is 5.32 Å². The molecule has 1 N–H and O–H groups in total. The molecule has 7 nitrogen and oxygen atoms in total. The number of amides is 1. The number of hydrogen-bond acceptors (Lipinski definition) is 6. The van der Waals surface area contributed by atoms with Crippen LogP contribution < -0.4 is 5.32 Å². The minimum absolute atomic E-state index is 0.0343. The molecule has 1 aromatic heterocycles. The Labute approximate surface area is 199 Å².